The van der Waals surface area contributed by atoms with E-state index in [1.807, 2.05) is 19.1 Å². The van der Waals surface area contributed by atoms with E-state index < -0.39 is 0 Å². The largest absolute Gasteiger partial charge is 0.352 e. The van der Waals surface area contributed by atoms with Crippen LogP contribution in [0.25, 0.3) is 0 Å². The fraction of sp³-hybridized carbons (Fsp3) is 0.500. The normalized spacial score (nSPS) is 27.6. The molecule has 0 aromatic rings. The van der Waals surface area contributed by atoms with Crippen LogP contribution in [0.15, 0.2) is 12.2 Å². The number of rotatable bonds is 0. The molecule has 0 fully saturated rings. The van der Waals surface area contributed by atoms with E-state index in [2.05, 4.69) is 5.32 Å². The number of nitrogens with one attached hydrogen (secondary N) is 1. The first-order valence-corrected chi connectivity index (χ1v) is 2.75. The Labute approximate surface area is 48.6 Å². The summed E-state index contributed by atoms with van der Waals surface area (Å²) < 4.78 is 0. The van der Waals surface area contributed by atoms with Gasteiger partial charge in [-0.05, 0) is 0 Å². The van der Waals surface area contributed by atoms with Gasteiger partial charge in [-0.3, -0.25) is 4.79 Å². The summed E-state index contributed by atoms with van der Waals surface area (Å²) in [5.41, 5.74) is 0. The van der Waals surface area contributed by atoms with Gasteiger partial charge in [0.2, 0.25) is 5.91 Å². The zero-order valence-electron chi connectivity index (χ0n) is 4.85. The van der Waals surface area contributed by atoms with E-state index in [-0.39, 0.29) is 11.8 Å². The molecule has 8 heavy (non-hydrogen) atoms. The molecule has 1 rings (SSSR count). The summed E-state index contributed by atoms with van der Waals surface area (Å²) in [5, 5.41) is 2.71. The van der Waals surface area contributed by atoms with Crippen LogP contribution in [0.5, 0.6) is 0 Å². The Bertz CT molecular complexity index is 128. The molecule has 44 valence electrons. The number of carbonyl (C=O) groups excluding carboxylic acids is 1. The van der Waals surface area contributed by atoms with Gasteiger partial charge in [-0.15, -0.1) is 0 Å². The molecule has 0 aromatic carbocycles. The van der Waals surface area contributed by atoms with E-state index in [4.69, 9.17) is 0 Å². The standard InChI is InChI=1S/C6H9NO/c1-5-3-2-4-7-6(5)8/h2-3,5H,4H2,1H3,(H,7,8)/t5-/m0/s1. The second-order valence-electron chi connectivity index (χ2n) is 1.96. The minimum atomic E-state index is 0.0729. The molecule has 1 heterocycles. The van der Waals surface area contributed by atoms with E-state index in [0.717, 1.165) is 0 Å². The molecule has 0 saturated heterocycles. The number of hydrogen-bond acceptors (Lipinski definition) is 1. The first-order chi connectivity index (χ1) is 3.80. The van der Waals surface area contributed by atoms with Crippen molar-refractivity contribution in [2.75, 3.05) is 6.54 Å². The van der Waals surface area contributed by atoms with Crippen molar-refractivity contribution in [3.63, 3.8) is 0 Å². The summed E-state index contributed by atoms with van der Waals surface area (Å²) in [6.07, 6.45) is 3.88. The summed E-state index contributed by atoms with van der Waals surface area (Å²) in [6.45, 7) is 2.58. The van der Waals surface area contributed by atoms with E-state index in [1.165, 1.54) is 0 Å². The lowest BCUT2D eigenvalue weighted by Crippen LogP contribution is -2.31. The molecule has 0 spiro atoms. The molecule has 0 saturated carbocycles. The summed E-state index contributed by atoms with van der Waals surface area (Å²) in [7, 11) is 0. The molecule has 1 atom stereocenters. The van der Waals surface area contributed by atoms with Gasteiger partial charge < -0.3 is 5.32 Å². The van der Waals surface area contributed by atoms with Crippen LogP contribution in [-0.4, -0.2) is 12.5 Å². The lowest BCUT2D eigenvalue weighted by atomic mass is 10.1. The van der Waals surface area contributed by atoms with Crippen molar-refractivity contribution in [3.05, 3.63) is 12.2 Å². The minimum absolute atomic E-state index is 0.0729. The van der Waals surface area contributed by atoms with Gasteiger partial charge in [-0.2, -0.15) is 0 Å². The molecule has 1 aliphatic rings. The predicted octanol–water partition coefficient (Wildman–Crippen LogP) is 0.309. The molecule has 1 amide bonds. The number of hydrogen-bond donors (Lipinski definition) is 1. The number of amides is 1. The second kappa shape index (κ2) is 1.99. The van der Waals surface area contributed by atoms with Crippen LogP contribution in [0.3, 0.4) is 0 Å². The average molecular weight is 111 g/mol. The third-order valence-corrected chi connectivity index (χ3v) is 1.23. The molecule has 1 aliphatic heterocycles. The monoisotopic (exact) mass is 111 g/mol. The first kappa shape index (κ1) is 5.35. The summed E-state index contributed by atoms with van der Waals surface area (Å²) in [4.78, 5) is 10.6. The van der Waals surface area contributed by atoms with Crippen LogP contribution in [0, 0.1) is 5.92 Å². The highest BCUT2D eigenvalue weighted by Gasteiger charge is 2.09. The molecule has 0 aliphatic carbocycles. The Hall–Kier alpha value is -0.790. The lowest BCUT2D eigenvalue weighted by molar-refractivity contribution is -0.123. The average Bonchev–Trinajstić information content (AvgIpc) is 1.77. The van der Waals surface area contributed by atoms with Crippen LogP contribution in [0.1, 0.15) is 6.92 Å². The van der Waals surface area contributed by atoms with Crippen LogP contribution in [-0.2, 0) is 4.79 Å². The van der Waals surface area contributed by atoms with Crippen LogP contribution in [0.4, 0.5) is 0 Å². The van der Waals surface area contributed by atoms with E-state index in [9.17, 15) is 4.79 Å². The Balaban J connectivity index is 2.60. The van der Waals surface area contributed by atoms with Gasteiger partial charge >= 0.3 is 0 Å². The Morgan fingerprint density at radius 1 is 1.88 bits per heavy atom. The summed E-state index contributed by atoms with van der Waals surface area (Å²) in [6, 6.07) is 0. The maximum Gasteiger partial charge on any atom is 0.226 e. The molecular weight excluding hydrogens is 102 g/mol. The second-order valence-corrected chi connectivity index (χ2v) is 1.96. The maximum atomic E-state index is 10.6. The van der Waals surface area contributed by atoms with Crippen molar-refractivity contribution in [1.82, 2.24) is 5.32 Å². The topological polar surface area (TPSA) is 29.1 Å². The molecular formula is C6H9NO. The molecule has 0 aromatic heterocycles. The highest BCUT2D eigenvalue weighted by molar-refractivity contribution is 5.81. The predicted molar refractivity (Wildman–Crippen MR) is 31.3 cm³/mol. The van der Waals surface area contributed by atoms with Crippen molar-refractivity contribution in [2.24, 2.45) is 5.92 Å². The zero-order valence-corrected chi connectivity index (χ0v) is 4.85. The highest BCUT2D eigenvalue weighted by atomic mass is 16.1. The maximum absolute atomic E-state index is 10.6. The minimum Gasteiger partial charge on any atom is -0.352 e. The smallest absolute Gasteiger partial charge is 0.226 e. The van der Waals surface area contributed by atoms with Gasteiger partial charge in [-0.1, -0.05) is 19.1 Å². The van der Waals surface area contributed by atoms with Crippen LogP contribution >= 0.6 is 0 Å². The van der Waals surface area contributed by atoms with E-state index in [0.29, 0.717) is 6.54 Å². The zero-order chi connectivity index (χ0) is 5.98. The SMILES string of the molecule is C[C@H]1C=CCNC1=O. The third kappa shape index (κ3) is 0.886. The van der Waals surface area contributed by atoms with Gasteiger partial charge in [0.1, 0.15) is 0 Å². The van der Waals surface area contributed by atoms with Gasteiger partial charge in [0.25, 0.3) is 0 Å². The summed E-state index contributed by atoms with van der Waals surface area (Å²) in [5.74, 6) is 0.205. The summed E-state index contributed by atoms with van der Waals surface area (Å²) >= 11 is 0. The van der Waals surface area contributed by atoms with Crippen molar-refractivity contribution in [3.8, 4) is 0 Å². The van der Waals surface area contributed by atoms with Gasteiger partial charge in [-0.25, -0.2) is 0 Å². The Morgan fingerprint density at radius 2 is 2.62 bits per heavy atom. The molecule has 0 bridgehead atoms. The molecule has 2 nitrogen and oxygen atoms in total. The number of carbonyl (C=O) groups is 1. The lowest BCUT2D eigenvalue weighted by Gasteiger charge is -2.10. The van der Waals surface area contributed by atoms with Gasteiger partial charge in [0, 0.05) is 6.54 Å². The van der Waals surface area contributed by atoms with E-state index in [1.54, 1.807) is 0 Å². The van der Waals surface area contributed by atoms with Gasteiger partial charge in [0.05, 0.1) is 5.92 Å². The Kier molecular flexibility index (Phi) is 1.33. The van der Waals surface area contributed by atoms with Crippen molar-refractivity contribution in [2.45, 2.75) is 6.92 Å². The highest BCUT2D eigenvalue weighted by Crippen LogP contribution is 1.99. The van der Waals surface area contributed by atoms with Crippen molar-refractivity contribution in [1.29, 1.82) is 0 Å². The first-order valence-electron chi connectivity index (χ1n) is 2.75. The fourth-order valence-corrected chi connectivity index (χ4v) is 0.680. The molecule has 0 radical (unpaired) electrons. The molecule has 1 N–H and O–H groups in total. The van der Waals surface area contributed by atoms with Gasteiger partial charge in [0.15, 0.2) is 0 Å². The van der Waals surface area contributed by atoms with Crippen LogP contribution < -0.4 is 5.32 Å². The van der Waals surface area contributed by atoms with E-state index >= 15 is 0 Å². The fourth-order valence-electron chi connectivity index (χ4n) is 0.680. The molecule has 2 heteroatoms. The third-order valence-electron chi connectivity index (χ3n) is 1.23. The van der Waals surface area contributed by atoms with Crippen molar-refractivity contribution >= 4 is 5.91 Å². The van der Waals surface area contributed by atoms with Crippen LogP contribution in [0.2, 0.25) is 0 Å². The molecule has 0 unspecified atom stereocenters. The quantitative estimate of drug-likeness (QED) is 0.448. The van der Waals surface area contributed by atoms with Crippen molar-refractivity contribution < 1.29 is 4.79 Å². The Morgan fingerprint density at radius 3 is 3.00 bits per heavy atom.